The number of carbonyl (C=O) groups is 1. The van der Waals surface area contributed by atoms with Gasteiger partial charge in [-0.05, 0) is 49.6 Å². The number of carbonyl (C=O) groups excluding carboxylic acids is 1. The van der Waals surface area contributed by atoms with E-state index in [0.717, 1.165) is 16.5 Å². The Balaban J connectivity index is 1.70. The number of rotatable bonds is 6. The van der Waals surface area contributed by atoms with Gasteiger partial charge in [0.25, 0.3) is 0 Å². The second kappa shape index (κ2) is 7.70. The van der Waals surface area contributed by atoms with Crippen LogP contribution in [-0.2, 0) is 4.79 Å². The maximum atomic E-state index is 11.9. The van der Waals surface area contributed by atoms with Crippen LogP contribution in [0.3, 0.4) is 0 Å². The van der Waals surface area contributed by atoms with Gasteiger partial charge >= 0.3 is 0 Å². The molecule has 4 heteroatoms. The van der Waals surface area contributed by atoms with Crippen LogP contribution < -0.4 is 10.6 Å². The van der Waals surface area contributed by atoms with Crippen LogP contribution in [0.2, 0.25) is 0 Å². The summed E-state index contributed by atoms with van der Waals surface area (Å²) in [6.07, 6.45) is 3.65. The molecule has 0 heterocycles. The minimum Gasteiger partial charge on any atom is -0.325 e. The third-order valence-electron chi connectivity index (χ3n) is 3.64. The van der Waals surface area contributed by atoms with E-state index in [1.165, 1.54) is 25.0 Å². The summed E-state index contributed by atoms with van der Waals surface area (Å²) in [5.74, 6) is 1.23. The molecule has 0 bridgehead atoms. The lowest BCUT2D eigenvalue weighted by molar-refractivity contribution is -0.115. The first-order valence-corrected chi connectivity index (χ1v) is 8.43. The third-order valence-corrected chi connectivity index (χ3v) is 4.87. The van der Waals surface area contributed by atoms with E-state index in [9.17, 15) is 4.79 Å². The molecule has 2 atom stereocenters. The molecule has 1 aliphatic carbocycles. The van der Waals surface area contributed by atoms with Gasteiger partial charge in [-0.3, -0.25) is 4.79 Å². The minimum absolute atomic E-state index is 0.0437. The highest BCUT2D eigenvalue weighted by Gasteiger charge is 2.24. The molecule has 0 aromatic heterocycles. The number of anilines is 1. The number of aryl methyl sites for hydroxylation is 1. The first-order chi connectivity index (χ1) is 9.67. The molecule has 0 saturated heterocycles. The molecule has 110 valence electrons. The third kappa shape index (κ3) is 4.84. The summed E-state index contributed by atoms with van der Waals surface area (Å²) < 4.78 is 0. The Morgan fingerprint density at radius 2 is 2.25 bits per heavy atom. The Morgan fingerprint density at radius 3 is 3.00 bits per heavy atom. The molecular formula is C16H24N2OS. The van der Waals surface area contributed by atoms with Crippen molar-refractivity contribution in [3.63, 3.8) is 0 Å². The van der Waals surface area contributed by atoms with Crippen molar-refractivity contribution in [1.82, 2.24) is 5.32 Å². The summed E-state index contributed by atoms with van der Waals surface area (Å²) in [6, 6.07) is 8.40. The van der Waals surface area contributed by atoms with E-state index in [2.05, 4.69) is 17.6 Å². The average Bonchev–Trinajstić information content (AvgIpc) is 2.85. The minimum atomic E-state index is 0.0437. The molecule has 1 saturated carbocycles. The van der Waals surface area contributed by atoms with Crippen molar-refractivity contribution in [2.45, 2.75) is 44.4 Å². The quantitative estimate of drug-likeness (QED) is 0.846. The van der Waals surface area contributed by atoms with Gasteiger partial charge in [0.05, 0.1) is 6.54 Å². The van der Waals surface area contributed by atoms with Gasteiger partial charge in [0.15, 0.2) is 0 Å². The summed E-state index contributed by atoms with van der Waals surface area (Å²) in [4.78, 5) is 11.9. The monoisotopic (exact) mass is 292 g/mol. The van der Waals surface area contributed by atoms with E-state index in [4.69, 9.17) is 0 Å². The SMILES string of the molecule is CCSC1CCC(NCC(=O)Nc2cccc(C)c2)C1. The first-order valence-electron chi connectivity index (χ1n) is 7.39. The van der Waals surface area contributed by atoms with Crippen LogP contribution >= 0.6 is 11.8 Å². The second-order valence-corrected chi connectivity index (χ2v) is 6.96. The molecule has 1 aromatic carbocycles. The molecule has 0 spiro atoms. The van der Waals surface area contributed by atoms with Gasteiger partial charge in [-0.2, -0.15) is 11.8 Å². The van der Waals surface area contributed by atoms with Crippen molar-refractivity contribution in [1.29, 1.82) is 0 Å². The van der Waals surface area contributed by atoms with E-state index in [0.29, 0.717) is 12.6 Å². The normalized spacial score (nSPS) is 21.9. The lowest BCUT2D eigenvalue weighted by Crippen LogP contribution is -2.34. The van der Waals surface area contributed by atoms with Crippen molar-refractivity contribution in [2.75, 3.05) is 17.6 Å². The highest BCUT2D eigenvalue weighted by atomic mass is 32.2. The topological polar surface area (TPSA) is 41.1 Å². The number of amides is 1. The van der Waals surface area contributed by atoms with E-state index < -0.39 is 0 Å². The van der Waals surface area contributed by atoms with E-state index in [-0.39, 0.29) is 5.91 Å². The maximum Gasteiger partial charge on any atom is 0.238 e. The van der Waals surface area contributed by atoms with Crippen molar-refractivity contribution >= 4 is 23.4 Å². The summed E-state index contributed by atoms with van der Waals surface area (Å²) in [5, 5.41) is 7.09. The van der Waals surface area contributed by atoms with Crippen molar-refractivity contribution in [3.8, 4) is 0 Å². The molecule has 1 amide bonds. The summed E-state index contributed by atoms with van der Waals surface area (Å²) >= 11 is 2.04. The first kappa shape index (κ1) is 15.4. The molecular weight excluding hydrogens is 268 g/mol. The Bertz CT molecular complexity index is 450. The largest absolute Gasteiger partial charge is 0.325 e. The molecule has 0 radical (unpaired) electrons. The van der Waals surface area contributed by atoms with Gasteiger partial charge in [0.2, 0.25) is 5.91 Å². The highest BCUT2D eigenvalue weighted by Crippen LogP contribution is 2.29. The number of thioether (sulfide) groups is 1. The molecule has 2 unspecified atom stereocenters. The van der Waals surface area contributed by atoms with Crippen LogP contribution in [0, 0.1) is 6.92 Å². The van der Waals surface area contributed by atoms with Crippen molar-refractivity contribution in [2.24, 2.45) is 0 Å². The Kier molecular flexibility index (Phi) is 5.92. The van der Waals surface area contributed by atoms with E-state index in [1.54, 1.807) is 0 Å². The predicted molar refractivity (Wildman–Crippen MR) is 87.4 cm³/mol. The van der Waals surface area contributed by atoms with Gasteiger partial charge in [0.1, 0.15) is 0 Å². The van der Waals surface area contributed by atoms with Crippen LogP contribution in [0.4, 0.5) is 5.69 Å². The van der Waals surface area contributed by atoms with Gasteiger partial charge in [-0.25, -0.2) is 0 Å². The number of hydrogen-bond acceptors (Lipinski definition) is 3. The summed E-state index contributed by atoms with van der Waals surface area (Å²) in [6.45, 7) is 4.64. The molecule has 20 heavy (non-hydrogen) atoms. The van der Waals surface area contributed by atoms with Crippen LogP contribution in [0.15, 0.2) is 24.3 Å². The maximum absolute atomic E-state index is 11.9. The molecule has 1 aliphatic rings. The standard InChI is InChI=1S/C16H24N2OS/c1-3-20-15-8-7-13(10-15)17-11-16(19)18-14-6-4-5-12(2)9-14/h4-6,9,13,15,17H,3,7-8,10-11H2,1-2H3,(H,18,19). The van der Waals surface area contributed by atoms with Crippen LogP contribution in [0.1, 0.15) is 31.7 Å². The smallest absolute Gasteiger partial charge is 0.238 e. The lowest BCUT2D eigenvalue weighted by Gasteiger charge is -2.13. The average molecular weight is 292 g/mol. The second-order valence-electron chi connectivity index (χ2n) is 5.39. The molecule has 1 aromatic rings. The van der Waals surface area contributed by atoms with E-state index >= 15 is 0 Å². The molecule has 2 N–H and O–H groups in total. The van der Waals surface area contributed by atoms with Gasteiger partial charge in [-0.1, -0.05) is 19.1 Å². The molecule has 2 rings (SSSR count). The van der Waals surface area contributed by atoms with Crippen molar-refractivity contribution < 1.29 is 4.79 Å². The molecule has 1 fully saturated rings. The lowest BCUT2D eigenvalue weighted by atomic mass is 10.2. The van der Waals surface area contributed by atoms with Crippen LogP contribution in [-0.4, -0.2) is 29.5 Å². The Morgan fingerprint density at radius 1 is 1.40 bits per heavy atom. The fourth-order valence-corrected chi connectivity index (χ4v) is 3.82. The molecule has 0 aliphatic heterocycles. The van der Waals surface area contributed by atoms with Gasteiger partial charge in [-0.15, -0.1) is 0 Å². The van der Waals surface area contributed by atoms with Crippen LogP contribution in [0.5, 0.6) is 0 Å². The van der Waals surface area contributed by atoms with Gasteiger partial charge < -0.3 is 10.6 Å². The Hall–Kier alpha value is -1.00. The summed E-state index contributed by atoms with van der Waals surface area (Å²) in [5.41, 5.74) is 2.04. The van der Waals surface area contributed by atoms with Crippen molar-refractivity contribution in [3.05, 3.63) is 29.8 Å². The number of benzene rings is 1. The zero-order valence-electron chi connectivity index (χ0n) is 12.3. The fraction of sp³-hybridized carbons (Fsp3) is 0.562. The van der Waals surface area contributed by atoms with Crippen LogP contribution in [0.25, 0.3) is 0 Å². The number of nitrogens with one attached hydrogen (secondary N) is 2. The van der Waals surface area contributed by atoms with Gasteiger partial charge in [0, 0.05) is 17.0 Å². The zero-order chi connectivity index (χ0) is 14.4. The molecule has 3 nitrogen and oxygen atoms in total. The number of hydrogen-bond donors (Lipinski definition) is 2. The summed E-state index contributed by atoms with van der Waals surface area (Å²) in [7, 11) is 0. The fourth-order valence-electron chi connectivity index (χ4n) is 2.68. The van der Waals surface area contributed by atoms with E-state index in [1.807, 2.05) is 43.0 Å². The zero-order valence-corrected chi connectivity index (χ0v) is 13.1. The Labute approximate surface area is 125 Å². The predicted octanol–water partition coefficient (Wildman–Crippen LogP) is 3.20. The highest BCUT2D eigenvalue weighted by molar-refractivity contribution is 7.99.